The molecule has 19 heavy (non-hydrogen) atoms. The molecule has 1 amide bonds. The monoisotopic (exact) mass is 305 g/mol. The molecule has 1 aromatic rings. The normalized spacial score (nSPS) is 12.9. The highest BCUT2D eigenvalue weighted by molar-refractivity contribution is 6.35. The van der Waals surface area contributed by atoms with Crippen molar-refractivity contribution in [1.82, 2.24) is 5.32 Å². The molecule has 0 saturated carbocycles. The number of halogens is 2. The van der Waals surface area contributed by atoms with Crippen molar-refractivity contribution in [1.29, 1.82) is 0 Å². The fraction of sp³-hybridized carbons (Fsp3) is 0.462. The van der Waals surface area contributed by atoms with E-state index in [-0.39, 0.29) is 12.5 Å². The smallest absolute Gasteiger partial charge is 0.260 e. The van der Waals surface area contributed by atoms with Gasteiger partial charge in [-0.15, -0.1) is 0 Å². The number of ether oxygens (including phenoxy) is 1. The summed E-state index contributed by atoms with van der Waals surface area (Å²) >= 11 is 11.7. The maximum Gasteiger partial charge on any atom is 0.260 e. The molecule has 2 N–H and O–H groups in total. The van der Waals surface area contributed by atoms with Crippen LogP contribution in [0.5, 0.6) is 5.75 Å². The Morgan fingerprint density at radius 3 is 2.63 bits per heavy atom. The molecule has 106 valence electrons. The number of hydrogen-bond acceptors (Lipinski definition) is 3. The van der Waals surface area contributed by atoms with Gasteiger partial charge in [0.2, 0.25) is 0 Å². The molecule has 0 fully saturated rings. The zero-order valence-corrected chi connectivity index (χ0v) is 12.5. The van der Waals surface area contributed by atoms with Gasteiger partial charge in [0.1, 0.15) is 5.75 Å². The fourth-order valence-corrected chi connectivity index (χ4v) is 1.71. The highest BCUT2D eigenvalue weighted by Gasteiger charge is 2.19. The largest absolute Gasteiger partial charge is 0.479 e. The average Bonchev–Trinajstić information content (AvgIpc) is 2.28. The van der Waals surface area contributed by atoms with E-state index in [0.29, 0.717) is 15.8 Å². The first-order valence-electron chi connectivity index (χ1n) is 5.81. The molecule has 1 unspecified atom stereocenters. The Bertz CT molecular complexity index is 458. The fourth-order valence-electron chi connectivity index (χ4n) is 1.26. The first kappa shape index (κ1) is 16.1. The minimum Gasteiger partial charge on any atom is -0.479 e. The van der Waals surface area contributed by atoms with Gasteiger partial charge in [-0.2, -0.15) is 0 Å². The van der Waals surface area contributed by atoms with Crippen molar-refractivity contribution < 1.29 is 14.6 Å². The quantitative estimate of drug-likeness (QED) is 0.879. The molecule has 0 heterocycles. The SMILES string of the molecule is CC(Oc1ccc(Cl)cc1Cl)C(=O)NCC(C)(C)O. The number of nitrogens with one attached hydrogen (secondary N) is 1. The van der Waals surface area contributed by atoms with Crippen molar-refractivity contribution in [3.63, 3.8) is 0 Å². The molecule has 1 aromatic carbocycles. The van der Waals surface area contributed by atoms with Gasteiger partial charge in [-0.3, -0.25) is 4.79 Å². The van der Waals surface area contributed by atoms with E-state index < -0.39 is 11.7 Å². The molecule has 4 nitrogen and oxygen atoms in total. The second-order valence-electron chi connectivity index (χ2n) is 4.87. The molecule has 0 aliphatic rings. The summed E-state index contributed by atoms with van der Waals surface area (Å²) in [6, 6.07) is 4.77. The van der Waals surface area contributed by atoms with Gasteiger partial charge in [0.05, 0.1) is 10.6 Å². The summed E-state index contributed by atoms with van der Waals surface area (Å²) in [5.74, 6) is 0.0603. The van der Waals surface area contributed by atoms with Gasteiger partial charge in [-0.25, -0.2) is 0 Å². The molecule has 0 bridgehead atoms. The Morgan fingerprint density at radius 1 is 1.47 bits per heavy atom. The van der Waals surface area contributed by atoms with E-state index in [1.54, 1.807) is 39.0 Å². The summed E-state index contributed by atoms with van der Waals surface area (Å²) in [5.41, 5.74) is -0.965. The van der Waals surface area contributed by atoms with Gasteiger partial charge in [0.25, 0.3) is 5.91 Å². The third-order valence-corrected chi connectivity index (χ3v) is 2.79. The van der Waals surface area contributed by atoms with Crippen molar-refractivity contribution in [2.75, 3.05) is 6.54 Å². The predicted molar refractivity (Wildman–Crippen MR) is 75.9 cm³/mol. The molecular formula is C13H17Cl2NO3. The maximum atomic E-state index is 11.8. The molecule has 6 heteroatoms. The van der Waals surface area contributed by atoms with Gasteiger partial charge in [-0.05, 0) is 39.0 Å². The van der Waals surface area contributed by atoms with Crippen molar-refractivity contribution in [2.24, 2.45) is 0 Å². The van der Waals surface area contributed by atoms with Crippen molar-refractivity contribution in [3.05, 3.63) is 28.2 Å². The van der Waals surface area contributed by atoms with Crippen molar-refractivity contribution >= 4 is 29.1 Å². The van der Waals surface area contributed by atoms with Crippen LogP contribution in [0.3, 0.4) is 0 Å². The standard InChI is InChI=1S/C13H17Cl2NO3/c1-8(12(17)16-7-13(2,3)18)19-11-5-4-9(14)6-10(11)15/h4-6,8,18H,7H2,1-3H3,(H,16,17). The van der Waals surface area contributed by atoms with Crippen LogP contribution in [-0.4, -0.2) is 29.3 Å². The number of carbonyl (C=O) groups excluding carboxylic acids is 1. The zero-order chi connectivity index (χ0) is 14.6. The molecule has 0 aliphatic carbocycles. The highest BCUT2D eigenvalue weighted by atomic mass is 35.5. The maximum absolute atomic E-state index is 11.8. The van der Waals surface area contributed by atoms with Crippen LogP contribution in [-0.2, 0) is 4.79 Å². The summed E-state index contributed by atoms with van der Waals surface area (Å²) in [4.78, 5) is 11.8. The van der Waals surface area contributed by atoms with Crippen LogP contribution in [0.25, 0.3) is 0 Å². The summed E-state index contributed by atoms with van der Waals surface area (Å²) in [6.07, 6.45) is -0.721. The third-order valence-electron chi connectivity index (χ3n) is 2.26. The van der Waals surface area contributed by atoms with Crippen LogP contribution < -0.4 is 10.1 Å². The molecule has 0 spiro atoms. The molecule has 0 aliphatic heterocycles. The molecule has 0 aromatic heterocycles. The number of amides is 1. The Morgan fingerprint density at radius 2 is 2.11 bits per heavy atom. The first-order chi connectivity index (χ1) is 8.69. The van der Waals surface area contributed by atoms with Crippen LogP contribution in [0, 0.1) is 0 Å². The third kappa shape index (κ3) is 5.68. The van der Waals surface area contributed by atoms with E-state index in [2.05, 4.69) is 5.32 Å². The lowest BCUT2D eigenvalue weighted by molar-refractivity contribution is -0.128. The van der Waals surface area contributed by atoms with E-state index in [1.165, 1.54) is 0 Å². The Kier molecular flexibility index (Phi) is 5.47. The number of rotatable bonds is 5. The van der Waals surface area contributed by atoms with Crippen LogP contribution >= 0.6 is 23.2 Å². The Hall–Kier alpha value is -0.970. The average molecular weight is 306 g/mol. The zero-order valence-electron chi connectivity index (χ0n) is 11.0. The lowest BCUT2D eigenvalue weighted by Gasteiger charge is -2.20. The van der Waals surface area contributed by atoms with Gasteiger partial charge in [-0.1, -0.05) is 23.2 Å². The topological polar surface area (TPSA) is 58.6 Å². The summed E-state index contributed by atoms with van der Waals surface area (Å²) < 4.78 is 5.44. The Balaban J connectivity index is 2.59. The number of hydrogen-bond donors (Lipinski definition) is 2. The minimum absolute atomic E-state index is 0.147. The van der Waals surface area contributed by atoms with Gasteiger partial charge in [0, 0.05) is 11.6 Å². The van der Waals surface area contributed by atoms with E-state index in [9.17, 15) is 9.90 Å². The highest BCUT2D eigenvalue weighted by Crippen LogP contribution is 2.28. The van der Waals surface area contributed by atoms with E-state index in [4.69, 9.17) is 27.9 Å². The second-order valence-corrected chi connectivity index (χ2v) is 5.71. The van der Waals surface area contributed by atoms with E-state index in [1.807, 2.05) is 0 Å². The van der Waals surface area contributed by atoms with Crippen LogP contribution in [0.1, 0.15) is 20.8 Å². The van der Waals surface area contributed by atoms with Crippen LogP contribution in [0.4, 0.5) is 0 Å². The first-order valence-corrected chi connectivity index (χ1v) is 6.56. The molecule has 0 saturated heterocycles. The van der Waals surface area contributed by atoms with E-state index >= 15 is 0 Å². The molecule has 1 rings (SSSR count). The molecular weight excluding hydrogens is 289 g/mol. The van der Waals surface area contributed by atoms with Crippen LogP contribution in [0.2, 0.25) is 10.0 Å². The lowest BCUT2D eigenvalue weighted by Crippen LogP contribution is -2.43. The lowest BCUT2D eigenvalue weighted by atomic mass is 10.1. The summed E-state index contributed by atoms with van der Waals surface area (Å²) in [7, 11) is 0. The van der Waals surface area contributed by atoms with Crippen molar-refractivity contribution in [3.8, 4) is 5.75 Å². The Labute approximate surface area is 122 Å². The van der Waals surface area contributed by atoms with Crippen molar-refractivity contribution in [2.45, 2.75) is 32.5 Å². The summed E-state index contributed by atoms with van der Waals surface area (Å²) in [6.45, 7) is 4.96. The van der Waals surface area contributed by atoms with Gasteiger partial charge >= 0.3 is 0 Å². The van der Waals surface area contributed by atoms with Crippen LogP contribution in [0.15, 0.2) is 18.2 Å². The number of aliphatic hydroxyl groups is 1. The summed E-state index contributed by atoms with van der Waals surface area (Å²) in [5, 5.41) is 13.0. The number of benzene rings is 1. The number of carbonyl (C=O) groups is 1. The second kappa shape index (κ2) is 6.46. The van der Waals surface area contributed by atoms with Gasteiger partial charge in [0.15, 0.2) is 6.10 Å². The van der Waals surface area contributed by atoms with E-state index in [0.717, 1.165) is 0 Å². The predicted octanol–water partition coefficient (Wildman–Crippen LogP) is 2.65. The molecule has 1 atom stereocenters. The van der Waals surface area contributed by atoms with Gasteiger partial charge < -0.3 is 15.2 Å². The molecule has 0 radical (unpaired) electrons. The minimum atomic E-state index is -0.965.